The normalized spacial score (nSPS) is 13.5. The van der Waals surface area contributed by atoms with Gasteiger partial charge in [-0.15, -0.1) is 0 Å². The fourth-order valence-corrected chi connectivity index (χ4v) is 3.75. The average molecular weight is 381 g/mol. The van der Waals surface area contributed by atoms with Gasteiger partial charge in [0.2, 0.25) is 10.0 Å². The highest BCUT2D eigenvalue weighted by Crippen LogP contribution is 2.17. The first-order chi connectivity index (χ1) is 12.0. The molecule has 0 spiro atoms. The maximum atomic E-state index is 11.7. The van der Waals surface area contributed by atoms with E-state index in [1.54, 1.807) is 42.6 Å². The van der Waals surface area contributed by atoms with Gasteiger partial charge in [0, 0.05) is 20.1 Å². The predicted octanol–water partition coefficient (Wildman–Crippen LogP) is 2.12. The van der Waals surface area contributed by atoms with Crippen molar-refractivity contribution >= 4 is 27.3 Å². The van der Waals surface area contributed by atoms with Crippen LogP contribution in [0, 0.1) is 0 Å². The first-order valence-electron chi connectivity index (χ1n) is 7.95. The highest BCUT2D eigenvalue weighted by Gasteiger charge is 2.10. The van der Waals surface area contributed by atoms with Crippen LogP contribution in [0.25, 0.3) is 0 Å². The van der Waals surface area contributed by atoms with Crippen molar-refractivity contribution in [1.82, 2.24) is 15.4 Å². The second-order valence-corrected chi connectivity index (χ2v) is 8.28. The zero-order valence-corrected chi connectivity index (χ0v) is 16.2. The Bertz CT molecular complexity index is 785. The molecule has 25 heavy (non-hydrogen) atoms. The lowest BCUT2D eigenvalue weighted by molar-refractivity contribution is 0.588. The van der Waals surface area contributed by atoms with Crippen molar-refractivity contribution in [3.05, 3.63) is 52.2 Å². The summed E-state index contributed by atoms with van der Waals surface area (Å²) >= 11 is 1.70. The van der Waals surface area contributed by atoms with Gasteiger partial charge in [-0.25, -0.2) is 13.1 Å². The summed E-state index contributed by atoms with van der Waals surface area (Å²) in [6.45, 7) is 3.52. The summed E-state index contributed by atoms with van der Waals surface area (Å²) in [5, 5.41) is 10.8. The molecular weight excluding hydrogens is 356 g/mol. The molecule has 0 saturated carbocycles. The fourth-order valence-electron chi connectivity index (χ4n) is 2.23. The van der Waals surface area contributed by atoms with Crippen LogP contribution in [0.15, 0.2) is 51.0 Å². The summed E-state index contributed by atoms with van der Waals surface area (Å²) in [5.41, 5.74) is 2.29. The van der Waals surface area contributed by atoms with E-state index in [9.17, 15) is 8.42 Å². The minimum absolute atomic E-state index is 0.255. The molecule has 1 aromatic heterocycles. The Morgan fingerprint density at radius 1 is 1.20 bits per heavy atom. The Kier molecular flexibility index (Phi) is 6.98. The first-order valence-corrected chi connectivity index (χ1v) is 10.4. The molecule has 1 aromatic carbocycles. The van der Waals surface area contributed by atoms with E-state index in [-0.39, 0.29) is 4.90 Å². The predicted molar refractivity (Wildman–Crippen MR) is 104 cm³/mol. The van der Waals surface area contributed by atoms with E-state index < -0.39 is 10.0 Å². The monoisotopic (exact) mass is 380 g/mol. The van der Waals surface area contributed by atoms with Crippen LogP contribution in [0.2, 0.25) is 0 Å². The summed E-state index contributed by atoms with van der Waals surface area (Å²) in [6.07, 6.45) is 0. The van der Waals surface area contributed by atoms with Gasteiger partial charge in [0.05, 0.1) is 4.90 Å². The Hall–Kier alpha value is -1.90. The topological polar surface area (TPSA) is 82.6 Å². The van der Waals surface area contributed by atoms with E-state index in [2.05, 4.69) is 44.1 Å². The maximum absolute atomic E-state index is 11.7. The number of hydrogen-bond acceptors (Lipinski definition) is 4. The third-order valence-corrected chi connectivity index (χ3v) is 6.01. The average Bonchev–Trinajstić information content (AvgIpc) is 3.17. The number of thiophene rings is 1. The molecule has 1 unspecified atom stereocenters. The van der Waals surface area contributed by atoms with E-state index in [0.717, 1.165) is 12.1 Å². The Balaban J connectivity index is 1.86. The zero-order valence-electron chi connectivity index (χ0n) is 14.6. The maximum Gasteiger partial charge on any atom is 0.240 e. The number of nitrogens with zero attached hydrogens (tertiary/aromatic N) is 1. The SMILES string of the molecule is CN=C(NCc1ccc(S(=O)(=O)NC)cc1)NCC(C)c1ccsc1. The molecule has 0 amide bonds. The summed E-state index contributed by atoms with van der Waals surface area (Å²) in [7, 11) is -0.267. The van der Waals surface area contributed by atoms with Crippen molar-refractivity contribution < 1.29 is 8.42 Å². The molecule has 2 rings (SSSR count). The molecule has 0 aliphatic heterocycles. The number of sulfonamides is 1. The summed E-state index contributed by atoms with van der Waals surface area (Å²) < 4.78 is 25.7. The number of guanidine groups is 1. The summed E-state index contributed by atoms with van der Waals surface area (Å²) in [5.74, 6) is 1.12. The smallest absolute Gasteiger partial charge is 0.240 e. The molecule has 1 heterocycles. The van der Waals surface area contributed by atoms with Crippen LogP contribution in [-0.2, 0) is 16.6 Å². The lowest BCUT2D eigenvalue weighted by Gasteiger charge is -2.15. The number of hydrogen-bond donors (Lipinski definition) is 3. The summed E-state index contributed by atoms with van der Waals surface area (Å²) in [4.78, 5) is 4.47. The molecule has 0 radical (unpaired) electrons. The third kappa shape index (κ3) is 5.55. The number of aliphatic imine (C=N–C) groups is 1. The van der Waals surface area contributed by atoms with Crippen molar-refractivity contribution in [3.8, 4) is 0 Å². The van der Waals surface area contributed by atoms with Crippen LogP contribution in [0.3, 0.4) is 0 Å². The molecule has 1 atom stereocenters. The van der Waals surface area contributed by atoms with Gasteiger partial charge in [0.15, 0.2) is 5.96 Å². The summed E-state index contributed by atoms with van der Waals surface area (Å²) in [6, 6.07) is 8.90. The van der Waals surface area contributed by atoms with Crippen molar-refractivity contribution in [2.24, 2.45) is 4.99 Å². The van der Waals surface area contributed by atoms with Gasteiger partial charge in [-0.05, 0) is 53.1 Å². The van der Waals surface area contributed by atoms with Gasteiger partial charge < -0.3 is 10.6 Å². The molecule has 3 N–H and O–H groups in total. The van der Waals surface area contributed by atoms with Gasteiger partial charge in [0.1, 0.15) is 0 Å². The molecule has 0 fully saturated rings. The molecular formula is C17H24N4O2S2. The van der Waals surface area contributed by atoms with E-state index in [1.807, 2.05) is 0 Å². The van der Waals surface area contributed by atoms with Gasteiger partial charge >= 0.3 is 0 Å². The lowest BCUT2D eigenvalue weighted by atomic mass is 10.1. The van der Waals surface area contributed by atoms with Crippen LogP contribution >= 0.6 is 11.3 Å². The van der Waals surface area contributed by atoms with E-state index >= 15 is 0 Å². The van der Waals surface area contributed by atoms with Crippen molar-refractivity contribution in [3.63, 3.8) is 0 Å². The van der Waals surface area contributed by atoms with Crippen LogP contribution in [-0.4, -0.2) is 35.0 Å². The van der Waals surface area contributed by atoms with Crippen molar-refractivity contribution in [2.45, 2.75) is 24.3 Å². The second-order valence-electron chi connectivity index (χ2n) is 5.62. The van der Waals surface area contributed by atoms with Crippen LogP contribution in [0.1, 0.15) is 24.0 Å². The molecule has 0 aliphatic carbocycles. The van der Waals surface area contributed by atoms with E-state index in [4.69, 9.17) is 0 Å². The molecule has 6 nitrogen and oxygen atoms in total. The van der Waals surface area contributed by atoms with Crippen LogP contribution < -0.4 is 15.4 Å². The standard InChI is InChI=1S/C17H24N4O2S2/c1-13(15-8-9-24-12-15)10-20-17(18-2)21-11-14-4-6-16(7-5-14)25(22,23)19-3/h4-9,12-13,19H,10-11H2,1-3H3,(H2,18,20,21). The van der Waals surface area contributed by atoms with Crippen molar-refractivity contribution in [2.75, 3.05) is 20.6 Å². The number of nitrogens with one attached hydrogen (secondary N) is 3. The molecule has 0 bridgehead atoms. The first kappa shape index (κ1) is 19.4. The van der Waals surface area contributed by atoms with Crippen molar-refractivity contribution in [1.29, 1.82) is 0 Å². The van der Waals surface area contributed by atoms with Gasteiger partial charge in [-0.2, -0.15) is 11.3 Å². The quantitative estimate of drug-likeness (QED) is 0.508. The highest BCUT2D eigenvalue weighted by molar-refractivity contribution is 7.89. The Morgan fingerprint density at radius 3 is 2.48 bits per heavy atom. The van der Waals surface area contributed by atoms with E-state index in [1.165, 1.54) is 12.6 Å². The second kappa shape index (κ2) is 8.98. The fraction of sp³-hybridized carbons (Fsp3) is 0.353. The van der Waals surface area contributed by atoms with E-state index in [0.29, 0.717) is 18.4 Å². The van der Waals surface area contributed by atoms with Crippen LogP contribution in [0.4, 0.5) is 0 Å². The highest BCUT2D eigenvalue weighted by atomic mass is 32.2. The van der Waals surface area contributed by atoms with Gasteiger partial charge in [0.25, 0.3) is 0 Å². The van der Waals surface area contributed by atoms with Gasteiger partial charge in [-0.1, -0.05) is 19.1 Å². The Morgan fingerprint density at radius 2 is 1.92 bits per heavy atom. The molecule has 0 aliphatic rings. The molecule has 136 valence electrons. The molecule has 2 aromatic rings. The molecule has 8 heteroatoms. The third-order valence-electron chi connectivity index (χ3n) is 3.87. The Labute approximate surface area is 153 Å². The van der Waals surface area contributed by atoms with Crippen LogP contribution in [0.5, 0.6) is 0 Å². The lowest BCUT2D eigenvalue weighted by Crippen LogP contribution is -2.38. The number of benzene rings is 1. The minimum Gasteiger partial charge on any atom is -0.356 e. The number of rotatable bonds is 7. The largest absolute Gasteiger partial charge is 0.356 e. The minimum atomic E-state index is -3.40. The van der Waals surface area contributed by atoms with Gasteiger partial charge in [-0.3, -0.25) is 4.99 Å². The zero-order chi connectivity index (χ0) is 18.3. The molecule has 0 saturated heterocycles.